The summed E-state index contributed by atoms with van der Waals surface area (Å²) in [5.41, 5.74) is 2.92. The standard InChI is InChI=1S/C18H22BrNO/c1-11-8-9-20(10-15(11)19)18(21)17-14-7-6-12-4-2-3-5-13(12)16(14)17/h2-5,11,14-17H,6-10H2,1H3. The number of alkyl halides is 1. The molecule has 0 spiro atoms. The van der Waals surface area contributed by atoms with Crippen LogP contribution in [0.2, 0.25) is 0 Å². The van der Waals surface area contributed by atoms with E-state index in [0.29, 0.717) is 28.5 Å². The fourth-order valence-corrected chi connectivity index (χ4v) is 4.95. The van der Waals surface area contributed by atoms with Crippen molar-refractivity contribution in [2.24, 2.45) is 17.8 Å². The van der Waals surface area contributed by atoms with Crippen LogP contribution in [0.25, 0.3) is 0 Å². The second-order valence-electron chi connectivity index (χ2n) is 7.02. The van der Waals surface area contributed by atoms with Gasteiger partial charge in [0.05, 0.1) is 0 Å². The summed E-state index contributed by atoms with van der Waals surface area (Å²) in [7, 11) is 0. The highest BCUT2D eigenvalue weighted by molar-refractivity contribution is 9.09. The van der Waals surface area contributed by atoms with E-state index in [4.69, 9.17) is 0 Å². The van der Waals surface area contributed by atoms with Gasteiger partial charge in [-0.1, -0.05) is 47.1 Å². The van der Waals surface area contributed by atoms with Crippen LogP contribution in [-0.2, 0) is 11.2 Å². The van der Waals surface area contributed by atoms with Crippen LogP contribution in [0.1, 0.15) is 36.8 Å². The molecule has 1 aromatic rings. The molecule has 1 aliphatic heterocycles. The van der Waals surface area contributed by atoms with Gasteiger partial charge in [-0.05, 0) is 48.1 Å². The van der Waals surface area contributed by atoms with Crippen LogP contribution in [-0.4, -0.2) is 28.7 Å². The van der Waals surface area contributed by atoms with Crippen molar-refractivity contribution in [2.45, 2.75) is 36.9 Å². The van der Waals surface area contributed by atoms with E-state index in [1.807, 2.05) is 0 Å². The Kier molecular flexibility index (Phi) is 3.36. The van der Waals surface area contributed by atoms with Crippen molar-refractivity contribution in [3.8, 4) is 0 Å². The zero-order chi connectivity index (χ0) is 14.6. The Morgan fingerprint density at radius 3 is 2.90 bits per heavy atom. The van der Waals surface area contributed by atoms with Gasteiger partial charge in [0, 0.05) is 23.8 Å². The number of rotatable bonds is 1. The molecule has 0 radical (unpaired) electrons. The number of likely N-dealkylation sites (tertiary alicyclic amines) is 1. The van der Waals surface area contributed by atoms with E-state index in [1.165, 1.54) is 17.5 Å². The molecule has 4 rings (SSSR count). The molecule has 2 aliphatic carbocycles. The summed E-state index contributed by atoms with van der Waals surface area (Å²) in [5.74, 6) is 2.48. The lowest BCUT2D eigenvalue weighted by Crippen LogP contribution is -2.44. The lowest BCUT2D eigenvalue weighted by atomic mass is 9.92. The monoisotopic (exact) mass is 347 g/mol. The van der Waals surface area contributed by atoms with Gasteiger partial charge in [-0.15, -0.1) is 0 Å². The maximum absolute atomic E-state index is 12.9. The average molecular weight is 348 g/mol. The predicted molar refractivity (Wildman–Crippen MR) is 87.6 cm³/mol. The first-order valence-corrected chi connectivity index (χ1v) is 9.09. The van der Waals surface area contributed by atoms with Crippen molar-refractivity contribution in [3.63, 3.8) is 0 Å². The van der Waals surface area contributed by atoms with Crippen molar-refractivity contribution in [2.75, 3.05) is 13.1 Å². The number of benzene rings is 1. The van der Waals surface area contributed by atoms with Crippen LogP contribution in [0.4, 0.5) is 0 Å². The summed E-state index contributed by atoms with van der Waals surface area (Å²) in [6.45, 7) is 4.10. The maximum atomic E-state index is 12.9. The molecule has 1 saturated heterocycles. The molecule has 1 aromatic carbocycles. The SMILES string of the molecule is CC1CCN(C(=O)C2C3CCc4ccccc4C32)CC1Br. The molecule has 21 heavy (non-hydrogen) atoms. The number of piperidine rings is 1. The fraction of sp³-hybridized carbons (Fsp3) is 0.611. The molecule has 1 saturated carbocycles. The van der Waals surface area contributed by atoms with Crippen molar-refractivity contribution < 1.29 is 4.79 Å². The van der Waals surface area contributed by atoms with Crippen LogP contribution in [0.15, 0.2) is 24.3 Å². The zero-order valence-electron chi connectivity index (χ0n) is 12.5. The largest absolute Gasteiger partial charge is 0.341 e. The van der Waals surface area contributed by atoms with Crippen molar-refractivity contribution in [1.29, 1.82) is 0 Å². The second kappa shape index (κ2) is 5.12. The van der Waals surface area contributed by atoms with E-state index in [0.717, 1.165) is 25.9 Å². The van der Waals surface area contributed by atoms with E-state index < -0.39 is 0 Å². The van der Waals surface area contributed by atoms with Gasteiger partial charge in [0.1, 0.15) is 0 Å². The number of carbonyl (C=O) groups is 1. The highest BCUT2D eigenvalue weighted by Crippen LogP contribution is 2.60. The molecule has 3 heteroatoms. The fourth-order valence-electron chi connectivity index (χ4n) is 4.34. The van der Waals surface area contributed by atoms with E-state index in [2.05, 4.69) is 52.0 Å². The summed E-state index contributed by atoms with van der Waals surface area (Å²) in [6.07, 6.45) is 3.47. The van der Waals surface area contributed by atoms with Crippen molar-refractivity contribution in [3.05, 3.63) is 35.4 Å². The molecular weight excluding hydrogens is 326 g/mol. The van der Waals surface area contributed by atoms with Gasteiger partial charge in [-0.3, -0.25) is 4.79 Å². The molecular formula is C18H22BrNO. The van der Waals surface area contributed by atoms with Gasteiger partial charge in [0.15, 0.2) is 0 Å². The van der Waals surface area contributed by atoms with Crippen LogP contribution in [0.5, 0.6) is 0 Å². The quantitative estimate of drug-likeness (QED) is 0.711. The maximum Gasteiger partial charge on any atom is 0.226 e. The number of hydrogen-bond donors (Lipinski definition) is 0. The summed E-state index contributed by atoms with van der Waals surface area (Å²) >= 11 is 3.74. The lowest BCUT2D eigenvalue weighted by Gasteiger charge is -2.34. The van der Waals surface area contributed by atoms with Crippen molar-refractivity contribution in [1.82, 2.24) is 4.90 Å². The van der Waals surface area contributed by atoms with Gasteiger partial charge < -0.3 is 4.90 Å². The number of hydrogen-bond acceptors (Lipinski definition) is 1. The second-order valence-corrected chi connectivity index (χ2v) is 8.20. The summed E-state index contributed by atoms with van der Waals surface area (Å²) in [4.78, 5) is 15.5. The van der Waals surface area contributed by atoms with E-state index in [-0.39, 0.29) is 5.92 Å². The molecule has 112 valence electrons. The number of carbonyl (C=O) groups excluding carboxylic acids is 1. The van der Waals surface area contributed by atoms with Crippen LogP contribution in [0, 0.1) is 17.8 Å². The molecule has 3 aliphatic rings. The molecule has 2 fully saturated rings. The number of fused-ring (bicyclic) bond motifs is 3. The summed E-state index contributed by atoms with van der Waals surface area (Å²) in [6, 6.07) is 8.73. The van der Waals surface area contributed by atoms with Gasteiger partial charge in [0.25, 0.3) is 0 Å². The predicted octanol–water partition coefficient (Wildman–Crippen LogP) is 3.59. The van der Waals surface area contributed by atoms with Gasteiger partial charge >= 0.3 is 0 Å². The summed E-state index contributed by atoms with van der Waals surface area (Å²) in [5, 5.41) is 0. The Morgan fingerprint density at radius 1 is 1.29 bits per heavy atom. The van der Waals surface area contributed by atoms with Gasteiger partial charge in [0.2, 0.25) is 5.91 Å². The molecule has 5 unspecified atom stereocenters. The van der Waals surface area contributed by atoms with E-state index in [1.54, 1.807) is 0 Å². The minimum absolute atomic E-state index is 0.266. The normalized spacial score (nSPS) is 37.6. The molecule has 0 aromatic heterocycles. The topological polar surface area (TPSA) is 20.3 Å². The summed E-state index contributed by atoms with van der Waals surface area (Å²) < 4.78 is 0. The number of aryl methyl sites for hydroxylation is 1. The Hall–Kier alpha value is -0.830. The number of amides is 1. The third-order valence-corrected chi connectivity index (χ3v) is 6.99. The third kappa shape index (κ3) is 2.25. The van der Waals surface area contributed by atoms with E-state index in [9.17, 15) is 4.79 Å². The molecule has 1 heterocycles. The molecule has 2 nitrogen and oxygen atoms in total. The molecule has 0 N–H and O–H groups in total. The lowest BCUT2D eigenvalue weighted by molar-refractivity contribution is -0.134. The highest BCUT2D eigenvalue weighted by atomic mass is 79.9. The number of nitrogens with zero attached hydrogens (tertiary/aromatic N) is 1. The Bertz CT molecular complexity index is 572. The van der Waals surface area contributed by atoms with Crippen LogP contribution < -0.4 is 0 Å². The number of halogens is 1. The Balaban J connectivity index is 1.51. The first-order valence-electron chi connectivity index (χ1n) is 8.17. The molecule has 5 atom stereocenters. The first kappa shape index (κ1) is 13.8. The highest BCUT2D eigenvalue weighted by Gasteiger charge is 2.58. The minimum atomic E-state index is 0.266. The van der Waals surface area contributed by atoms with Gasteiger partial charge in [-0.25, -0.2) is 0 Å². The third-order valence-electron chi connectivity index (χ3n) is 5.79. The van der Waals surface area contributed by atoms with Gasteiger partial charge in [-0.2, -0.15) is 0 Å². The average Bonchev–Trinajstić information content (AvgIpc) is 3.24. The zero-order valence-corrected chi connectivity index (χ0v) is 14.1. The van der Waals surface area contributed by atoms with Crippen molar-refractivity contribution >= 4 is 21.8 Å². The first-order chi connectivity index (χ1) is 10.2. The minimum Gasteiger partial charge on any atom is -0.341 e. The Labute approximate surface area is 135 Å². The van der Waals surface area contributed by atoms with E-state index >= 15 is 0 Å². The van der Waals surface area contributed by atoms with Crippen LogP contribution >= 0.6 is 15.9 Å². The Morgan fingerprint density at radius 2 is 2.10 bits per heavy atom. The smallest absolute Gasteiger partial charge is 0.226 e. The molecule has 1 amide bonds. The molecule has 0 bridgehead atoms. The van der Waals surface area contributed by atoms with Crippen LogP contribution in [0.3, 0.4) is 0 Å².